The van der Waals surface area contributed by atoms with Gasteiger partial charge in [0.2, 0.25) is 0 Å². The molecule has 0 bridgehead atoms. The van der Waals surface area contributed by atoms with Gasteiger partial charge in [0.1, 0.15) is 5.70 Å². The smallest absolute Gasteiger partial charge is 0.352 e. The molecule has 0 fully saturated rings. The first-order chi connectivity index (χ1) is 7.43. The molecular weight excluding hydrogens is 202 g/mol. The fourth-order valence-electron chi connectivity index (χ4n) is 1.45. The predicted octanol–water partition coefficient (Wildman–Crippen LogP) is 2.58. The van der Waals surface area contributed by atoms with E-state index in [1.165, 1.54) is 5.56 Å². The molecule has 0 atom stereocenters. The maximum atomic E-state index is 10.7. The van der Waals surface area contributed by atoms with Crippen LogP contribution in [-0.4, -0.2) is 11.1 Å². The highest BCUT2D eigenvalue weighted by molar-refractivity contribution is 5.94. The number of carbonyl (C=O) groups is 1. The Kier molecular flexibility index (Phi) is 3.72. The van der Waals surface area contributed by atoms with E-state index in [0.29, 0.717) is 11.5 Å². The first kappa shape index (κ1) is 12.3. The highest BCUT2D eigenvalue weighted by Crippen LogP contribution is 2.21. The zero-order valence-corrected chi connectivity index (χ0v) is 9.82. The number of carboxylic acid groups (broad SMARTS) is 1. The number of aliphatic carboxylic acids is 1. The average molecular weight is 219 g/mol. The summed E-state index contributed by atoms with van der Waals surface area (Å²) in [6.07, 6.45) is 0. The highest BCUT2D eigenvalue weighted by atomic mass is 16.4. The van der Waals surface area contributed by atoms with Gasteiger partial charge < -0.3 is 10.8 Å². The van der Waals surface area contributed by atoms with E-state index < -0.39 is 5.97 Å². The lowest BCUT2D eigenvalue weighted by molar-refractivity contribution is -0.132. The summed E-state index contributed by atoms with van der Waals surface area (Å²) in [7, 11) is 0. The normalized spacial score (nSPS) is 12.5. The van der Waals surface area contributed by atoms with Crippen molar-refractivity contribution in [3.8, 4) is 0 Å². The van der Waals surface area contributed by atoms with Gasteiger partial charge in [-0.15, -0.1) is 0 Å². The van der Waals surface area contributed by atoms with Gasteiger partial charge in [-0.25, -0.2) is 4.79 Å². The molecule has 0 aliphatic rings. The molecule has 0 saturated carbocycles. The van der Waals surface area contributed by atoms with E-state index in [1.807, 2.05) is 24.3 Å². The van der Waals surface area contributed by atoms with Gasteiger partial charge in [-0.1, -0.05) is 38.1 Å². The third-order valence-corrected chi connectivity index (χ3v) is 2.62. The van der Waals surface area contributed by atoms with Crippen molar-refractivity contribution in [1.29, 1.82) is 0 Å². The molecule has 1 rings (SSSR count). The van der Waals surface area contributed by atoms with Crippen LogP contribution >= 0.6 is 0 Å². The van der Waals surface area contributed by atoms with Crippen LogP contribution in [0.5, 0.6) is 0 Å². The summed E-state index contributed by atoms with van der Waals surface area (Å²) in [5, 5.41) is 8.81. The summed E-state index contributed by atoms with van der Waals surface area (Å²) in [6.45, 7) is 5.92. The van der Waals surface area contributed by atoms with E-state index in [1.54, 1.807) is 6.92 Å². The molecule has 86 valence electrons. The average Bonchev–Trinajstić information content (AvgIpc) is 2.27. The number of allylic oxidation sites excluding steroid dienone is 1. The van der Waals surface area contributed by atoms with Crippen molar-refractivity contribution in [3.63, 3.8) is 0 Å². The Bertz CT molecular complexity index is 433. The molecule has 3 N–H and O–H groups in total. The quantitative estimate of drug-likeness (QED) is 0.768. The third-order valence-electron chi connectivity index (χ3n) is 2.62. The summed E-state index contributed by atoms with van der Waals surface area (Å²) in [6, 6.07) is 7.80. The van der Waals surface area contributed by atoms with E-state index >= 15 is 0 Å². The first-order valence-corrected chi connectivity index (χ1v) is 5.23. The van der Waals surface area contributed by atoms with Gasteiger partial charge in [0.15, 0.2) is 0 Å². The fraction of sp³-hybridized carbons (Fsp3) is 0.308. The van der Waals surface area contributed by atoms with Crippen LogP contribution in [-0.2, 0) is 4.79 Å². The molecule has 0 heterocycles. The largest absolute Gasteiger partial charge is 0.477 e. The van der Waals surface area contributed by atoms with Crippen molar-refractivity contribution < 1.29 is 9.90 Å². The Balaban J connectivity index is 3.19. The Morgan fingerprint density at radius 3 is 2.50 bits per heavy atom. The lowest BCUT2D eigenvalue weighted by Gasteiger charge is -2.09. The van der Waals surface area contributed by atoms with Crippen molar-refractivity contribution in [3.05, 3.63) is 41.1 Å². The number of hydrogen-bond acceptors (Lipinski definition) is 2. The van der Waals surface area contributed by atoms with E-state index in [0.717, 1.165) is 5.56 Å². The number of carboxylic acids is 1. The lowest BCUT2D eigenvalue weighted by Crippen LogP contribution is -2.12. The lowest BCUT2D eigenvalue weighted by atomic mass is 9.97. The minimum atomic E-state index is -1.08. The van der Waals surface area contributed by atoms with E-state index in [4.69, 9.17) is 10.8 Å². The molecule has 1 aromatic carbocycles. The molecular formula is C13H17NO2. The Hall–Kier alpha value is -1.77. The van der Waals surface area contributed by atoms with Crippen LogP contribution < -0.4 is 5.73 Å². The Morgan fingerprint density at radius 2 is 2.00 bits per heavy atom. The second-order valence-electron chi connectivity index (χ2n) is 4.12. The van der Waals surface area contributed by atoms with Crippen molar-refractivity contribution >= 4 is 11.5 Å². The van der Waals surface area contributed by atoms with Gasteiger partial charge in [0, 0.05) is 0 Å². The molecule has 3 nitrogen and oxygen atoms in total. The number of hydrogen-bond donors (Lipinski definition) is 2. The van der Waals surface area contributed by atoms with Crippen molar-refractivity contribution in [2.24, 2.45) is 5.73 Å². The zero-order chi connectivity index (χ0) is 12.3. The molecule has 0 aliphatic carbocycles. The van der Waals surface area contributed by atoms with Crippen molar-refractivity contribution in [2.75, 3.05) is 0 Å². The van der Waals surface area contributed by atoms with Gasteiger partial charge in [-0.2, -0.15) is 0 Å². The second kappa shape index (κ2) is 4.84. The van der Waals surface area contributed by atoms with Crippen LogP contribution in [0.3, 0.4) is 0 Å². The van der Waals surface area contributed by atoms with Gasteiger partial charge >= 0.3 is 5.97 Å². The molecule has 0 aromatic heterocycles. The molecule has 0 unspecified atom stereocenters. The van der Waals surface area contributed by atoms with Crippen LogP contribution in [0.1, 0.15) is 37.8 Å². The van der Waals surface area contributed by atoms with Gasteiger partial charge in [-0.3, -0.25) is 0 Å². The van der Waals surface area contributed by atoms with E-state index in [-0.39, 0.29) is 5.70 Å². The number of benzene rings is 1. The molecule has 0 amide bonds. The summed E-state index contributed by atoms with van der Waals surface area (Å²) < 4.78 is 0. The molecule has 16 heavy (non-hydrogen) atoms. The standard InChI is InChI=1S/C13H17NO2/c1-8(2)10-5-4-6-11(7-10)9(3)12(14)13(15)16/h4-8H,14H2,1-3H3,(H,15,16)/b12-9-. The Morgan fingerprint density at radius 1 is 1.38 bits per heavy atom. The first-order valence-electron chi connectivity index (χ1n) is 5.23. The maximum Gasteiger partial charge on any atom is 0.352 e. The van der Waals surface area contributed by atoms with Crippen LogP contribution in [0.4, 0.5) is 0 Å². The molecule has 3 heteroatoms. The molecule has 0 spiro atoms. The second-order valence-corrected chi connectivity index (χ2v) is 4.12. The number of rotatable bonds is 3. The third kappa shape index (κ3) is 2.63. The summed E-state index contributed by atoms with van der Waals surface area (Å²) in [4.78, 5) is 10.7. The van der Waals surface area contributed by atoms with Crippen molar-refractivity contribution in [2.45, 2.75) is 26.7 Å². The van der Waals surface area contributed by atoms with Crippen LogP contribution in [0, 0.1) is 0 Å². The minimum Gasteiger partial charge on any atom is -0.477 e. The monoisotopic (exact) mass is 219 g/mol. The summed E-state index contributed by atoms with van der Waals surface area (Å²) >= 11 is 0. The molecule has 0 aliphatic heterocycles. The van der Waals surface area contributed by atoms with Crippen LogP contribution in [0.2, 0.25) is 0 Å². The SMILES string of the molecule is C/C(=C(/N)C(=O)O)c1cccc(C(C)C)c1. The number of nitrogens with two attached hydrogens (primary N) is 1. The van der Waals surface area contributed by atoms with Crippen molar-refractivity contribution in [1.82, 2.24) is 0 Å². The molecule has 0 saturated heterocycles. The predicted molar refractivity (Wildman–Crippen MR) is 64.9 cm³/mol. The molecule has 0 radical (unpaired) electrons. The highest BCUT2D eigenvalue weighted by Gasteiger charge is 2.09. The fourth-order valence-corrected chi connectivity index (χ4v) is 1.45. The minimum absolute atomic E-state index is 0.0964. The maximum absolute atomic E-state index is 10.7. The van der Waals surface area contributed by atoms with E-state index in [9.17, 15) is 4.79 Å². The summed E-state index contributed by atoms with van der Waals surface area (Å²) in [5.41, 5.74) is 8.05. The van der Waals surface area contributed by atoms with Gasteiger partial charge in [-0.05, 0) is 29.5 Å². The van der Waals surface area contributed by atoms with Gasteiger partial charge in [0.25, 0.3) is 0 Å². The topological polar surface area (TPSA) is 63.3 Å². The zero-order valence-electron chi connectivity index (χ0n) is 9.82. The summed E-state index contributed by atoms with van der Waals surface area (Å²) in [5.74, 6) is -0.661. The van der Waals surface area contributed by atoms with Gasteiger partial charge in [0.05, 0.1) is 0 Å². The molecule has 1 aromatic rings. The van der Waals surface area contributed by atoms with Crippen LogP contribution in [0.25, 0.3) is 5.57 Å². The van der Waals surface area contributed by atoms with E-state index in [2.05, 4.69) is 13.8 Å². The Labute approximate surface area is 95.6 Å². The van der Waals surface area contributed by atoms with Crippen LogP contribution in [0.15, 0.2) is 30.0 Å².